The molecule has 6 aromatic carbocycles. The van der Waals surface area contributed by atoms with Crippen molar-refractivity contribution in [1.82, 2.24) is 0 Å². The lowest BCUT2D eigenvalue weighted by atomic mass is 9.86. The first-order valence-electron chi connectivity index (χ1n) is 23.2. The number of para-hydroxylation sites is 1. The highest BCUT2D eigenvalue weighted by atomic mass is 16.3. The maximum Gasteiger partial charge on any atom is 0.143 e. The maximum atomic E-state index is 9.51. The van der Waals surface area contributed by atoms with Gasteiger partial charge in [-0.25, -0.2) is 0 Å². The molecule has 0 aliphatic heterocycles. The first-order valence-corrected chi connectivity index (χ1v) is 12.1. The Morgan fingerprint density at radius 1 is 0.585 bits per heavy atom. The fraction of sp³-hybridized carbons (Fsp3) is 0. The molecule has 1 nitrogen and oxygen atoms in total. The Labute approximate surface area is 270 Å². The van der Waals surface area contributed by atoms with Crippen LogP contribution in [-0.2, 0) is 0 Å². The van der Waals surface area contributed by atoms with Crippen LogP contribution in [0.4, 0.5) is 0 Å². The maximum absolute atomic E-state index is 9.51. The van der Waals surface area contributed by atoms with E-state index in [0.29, 0.717) is 13.1 Å². The van der Waals surface area contributed by atoms with E-state index in [9.17, 15) is 5.48 Å². The van der Waals surface area contributed by atoms with Crippen LogP contribution >= 0.6 is 0 Å². The van der Waals surface area contributed by atoms with Crippen LogP contribution in [0.1, 0.15) is 41.3 Å². The summed E-state index contributed by atoms with van der Waals surface area (Å²) >= 11 is 0. The summed E-state index contributed by atoms with van der Waals surface area (Å²) in [5.41, 5.74) is -3.60. The smallest absolute Gasteiger partial charge is 0.143 e. The van der Waals surface area contributed by atoms with Crippen molar-refractivity contribution in [1.29, 1.82) is 0 Å². The van der Waals surface area contributed by atoms with Gasteiger partial charge in [-0.2, -0.15) is 0 Å². The largest absolute Gasteiger partial charge is 0.455 e. The van der Waals surface area contributed by atoms with Crippen molar-refractivity contribution in [3.05, 3.63) is 169 Å². The van der Waals surface area contributed by atoms with E-state index in [1.165, 1.54) is 12.1 Å². The Morgan fingerprint density at radius 2 is 1.10 bits per heavy atom. The molecule has 0 N–H and O–H groups in total. The molecule has 1 aromatic heterocycles. The minimum Gasteiger partial charge on any atom is -0.455 e. The number of furan rings is 1. The molecule has 41 heavy (non-hydrogen) atoms. The van der Waals surface area contributed by atoms with Crippen LogP contribution in [-0.4, -0.2) is 0 Å². The standard InChI is InChI=1S/C40H28O/c1-27(25-26-28(2)38-35-23-13-14-24-36(35)41-40(38)30-17-7-4-8-18-30)37-31-19-9-11-21-33(31)39(29-15-5-3-6-16-29)34-22-12-10-20-32(34)37/h3-26H,1-2H2/b26-25-/i1D,2D,3D,4D,5D,6D,7D,8D,9D,10D,11D,12D,15D,16D,17D,18D,19D,20D,21D,22D,25D,26D/b26-25-,27-1?,28-2?. The quantitative estimate of drug-likeness (QED) is 0.149. The van der Waals surface area contributed by atoms with Crippen LogP contribution in [0.25, 0.3) is 66.1 Å². The van der Waals surface area contributed by atoms with Gasteiger partial charge < -0.3 is 4.42 Å². The second kappa shape index (κ2) is 10.3. The van der Waals surface area contributed by atoms with Crippen molar-refractivity contribution in [2.75, 3.05) is 0 Å². The third kappa shape index (κ3) is 4.29. The van der Waals surface area contributed by atoms with E-state index in [-0.39, 0.29) is 22.3 Å². The van der Waals surface area contributed by atoms with Crippen LogP contribution in [0, 0.1) is 0 Å². The average Bonchev–Trinajstić information content (AvgIpc) is 3.64. The van der Waals surface area contributed by atoms with Gasteiger partial charge in [0.05, 0.1) is 30.2 Å². The zero-order valence-electron chi connectivity index (χ0n) is 42.9. The Morgan fingerprint density at radius 3 is 1.71 bits per heavy atom. The summed E-state index contributed by atoms with van der Waals surface area (Å²) in [5.74, 6) is -0.386. The van der Waals surface area contributed by atoms with Crippen molar-refractivity contribution < 1.29 is 34.6 Å². The molecule has 0 fully saturated rings. The first kappa shape index (κ1) is 10.5. The van der Waals surface area contributed by atoms with E-state index in [1.54, 1.807) is 12.1 Å². The van der Waals surface area contributed by atoms with Gasteiger partial charge in [-0.15, -0.1) is 0 Å². The Balaban J connectivity index is 1.69. The van der Waals surface area contributed by atoms with E-state index >= 15 is 0 Å². The third-order valence-electron chi connectivity index (χ3n) is 6.32. The van der Waals surface area contributed by atoms with Gasteiger partial charge >= 0.3 is 0 Å². The molecule has 0 amide bonds. The number of hydrogen-bond acceptors (Lipinski definition) is 1. The molecule has 1 heteroatoms. The molecule has 0 atom stereocenters. The van der Waals surface area contributed by atoms with Gasteiger partial charge in [0, 0.05) is 16.5 Å². The van der Waals surface area contributed by atoms with Gasteiger partial charge in [0.2, 0.25) is 0 Å². The summed E-state index contributed by atoms with van der Waals surface area (Å²) in [7, 11) is 0. The lowest BCUT2D eigenvalue weighted by Crippen LogP contribution is -1.92. The van der Waals surface area contributed by atoms with Crippen LogP contribution in [0.2, 0.25) is 0 Å². The molecule has 7 aromatic rings. The molecule has 194 valence electrons. The van der Waals surface area contributed by atoms with Crippen molar-refractivity contribution in [2.45, 2.75) is 0 Å². The SMILES string of the molecule is [2H]C=C(/C([2H])=C(/[2H])C(=C[2H])c1c2c([2H])c([2H])c([2H])c([2H])c2c(-c2c([2H])c([2H])c([2H])c([2H])c2[2H])c2c([2H])c([2H])c([2H])c([2H])c12)c1c(-c2c([2H])c([2H])c([2H])c([2H])c2[2H])oc2ccccc12. The number of fused-ring (bicyclic) bond motifs is 3. The highest BCUT2D eigenvalue weighted by molar-refractivity contribution is 6.19. The summed E-state index contributed by atoms with van der Waals surface area (Å²) in [6.45, 7) is 1.10. The van der Waals surface area contributed by atoms with Gasteiger partial charge in [-0.1, -0.05) is 152 Å². The van der Waals surface area contributed by atoms with E-state index in [4.69, 9.17) is 29.1 Å². The second-order valence-electron chi connectivity index (χ2n) is 8.63. The zero-order valence-corrected chi connectivity index (χ0v) is 20.9. The highest BCUT2D eigenvalue weighted by Gasteiger charge is 2.18. The monoisotopic (exact) mass is 546 g/mol. The third-order valence-corrected chi connectivity index (χ3v) is 6.32. The molecule has 0 bridgehead atoms. The molecule has 0 aliphatic rings. The first-order chi connectivity index (χ1) is 29.6. The summed E-state index contributed by atoms with van der Waals surface area (Å²) in [6.07, 6.45) is 0. The van der Waals surface area contributed by atoms with Crippen LogP contribution < -0.4 is 0 Å². The molecule has 0 radical (unpaired) electrons. The van der Waals surface area contributed by atoms with Crippen molar-refractivity contribution in [2.24, 2.45) is 0 Å². The summed E-state index contributed by atoms with van der Waals surface area (Å²) < 4.78 is 198. The van der Waals surface area contributed by atoms with Crippen molar-refractivity contribution in [3.8, 4) is 22.5 Å². The molecular weight excluding hydrogens is 496 g/mol. The summed E-state index contributed by atoms with van der Waals surface area (Å²) in [4.78, 5) is 0. The molecule has 0 spiro atoms. The highest BCUT2D eigenvalue weighted by Crippen LogP contribution is 2.42. The van der Waals surface area contributed by atoms with Crippen LogP contribution in [0.3, 0.4) is 0 Å². The lowest BCUT2D eigenvalue weighted by Gasteiger charge is -2.17. The van der Waals surface area contributed by atoms with E-state index in [1.807, 2.05) is 0 Å². The molecule has 0 unspecified atom stereocenters. The fourth-order valence-corrected chi connectivity index (χ4v) is 4.63. The Kier molecular flexibility index (Phi) is 2.65. The predicted octanol–water partition coefficient (Wildman–Crippen LogP) is 11.4. The van der Waals surface area contributed by atoms with E-state index < -0.39 is 176 Å². The van der Waals surface area contributed by atoms with Crippen LogP contribution in [0.5, 0.6) is 0 Å². The number of rotatable bonds is 6. The lowest BCUT2D eigenvalue weighted by molar-refractivity contribution is 0.630. The molecule has 0 saturated heterocycles. The number of allylic oxidation sites excluding steroid dienone is 4. The zero-order chi connectivity index (χ0) is 46.6. The Bertz CT molecular complexity index is 3170. The fourth-order valence-electron chi connectivity index (χ4n) is 4.63. The summed E-state index contributed by atoms with van der Waals surface area (Å²) in [6, 6.07) is -10.8. The molecule has 0 saturated carbocycles. The van der Waals surface area contributed by atoms with E-state index in [0.717, 1.165) is 0 Å². The minimum absolute atomic E-state index is 0.0801. The minimum atomic E-state index is -0.973. The topological polar surface area (TPSA) is 13.1 Å². The van der Waals surface area contributed by atoms with Gasteiger partial charge in [-0.05, 0) is 55.4 Å². The van der Waals surface area contributed by atoms with Gasteiger partial charge in [-0.3, -0.25) is 0 Å². The molecule has 1 heterocycles. The van der Waals surface area contributed by atoms with Crippen molar-refractivity contribution in [3.63, 3.8) is 0 Å². The normalized spacial score (nSPS) is 20.6. The average molecular weight is 547 g/mol. The second-order valence-corrected chi connectivity index (χ2v) is 8.63. The van der Waals surface area contributed by atoms with Gasteiger partial charge in [0.25, 0.3) is 0 Å². The van der Waals surface area contributed by atoms with Gasteiger partial charge in [0.15, 0.2) is 0 Å². The van der Waals surface area contributed by atoms with Gasteiger partial charge in [0.1, 0.15) is 11.3 Å². The molecule has 0 aliphatic carbocycles. The molecular formula is C40H28O. The molecule has 7 rings (SSSR count). The number of hydrogen-bond donors (Lipinski definition) is 0. The van der Waals surface area contributed by atoms with Crippen molar-refractivity contribution >= 4 is 43.7 Å². The number of benzene rings is 6. The van der Waals surface area contributed by atoms with Crippen LogP contribution in [0.15, 0.2) is 163 Å². The Hall–Kier alpha value is -5.40. The van der Waals surface area contributed by atoms with E-state index in [2.05, 4.69) is 0 Å². The predicted molar refractivity (Wildman–Crippen MR) is 176 cm³/mol. The summed E-state index contributed by atoms with van der Waals surface area (Å²) in [5, 5.41) is -2.27.